The van der Waals surface area contributed by atoms with Crippen LogP contribution < -0.4 is 0 Å². The van der Waals surface area contributed by atoms with Gasteiger partial charge >= 0.3 is 0 Å². The molecule has 0 amide bonds. The average Bonchev–Trinajstić information content (AvgIpc) is 2.84. The first-order chi connectivity index (χ1) is 9.06. The molecule has 0 spiro atoms. The summed E-state index contributed by atoms with van der Waals surface area (Å²) in [6.45, 7) is 0.599. The number of hydrogen-bond donors (Lipinski definition) is 0. The molecular formula is C13H11Cl3N2O. The Morgan fingerprint density at radius 2 is 1.89 bits per heavy atom. The van der Waals surface area contributed by atoms with E-state index in [0.29, 0.717) is 33.6 Å². The van der Waals surface area contributed by atoms with Crippen molar-refractivity contribution in [2.75, 3.05) is 0 Å². The fourth-order valence-electron chi connectivity index (χ4n) is 1.70. The first-order valence-electron chi connectivity index (χ1n) is 5.67. The van der Waals surface area contributed by atoms with Crippen molar-refractivity contribution in [2.45, 2.75) is 19.4 Å². The third-order valence-corrected chi connectivity index (χ3v) is 3.58. The van der Waals surface area contributed by atoms with Crippen LogP contribution in [0, 0.1) is 0 Å². The van der Waals surface area contributed by atoms with Crippen molar-refractivity contribution in [1.29, 1.82) is 0 Å². The summed E-state index contributed by atoms with van der Waals surface area (Å²) in [5, 5.41) is 1.31. The molecule has 100 valence electrons. The Kier molecular flexibility index (Phi) is 4.86. The van der Waals surface area contributed by atoms with E-state index in [0.717, 1.165) is 0 Å². The van der Waals surface area contributed by atoms with Crippen LogP contribution in [0.15, 0.2) is 30.9 Å². The zero-order valence-electron chi connectivity index (χ0n) is 9.94. The van der Waals surface area contributed by atoms with Gasteiger partial charge in [-0.15, -0.1) is 0 Å². The molecule has 0 aliphatic rings. The van der Waals surface area contributed by atoms with Gasteiger partial charge in [0, 0.05) is 46.8 Å². The molecule has 0 N–H and O–H groups in total. The van der Waals surface area contributed by atoms with Gasteiger partial charge in [0.25, 0.3) is 0 Å². The van der Waals surface area contributed by atoms with Gasteiger partial charge in [-0.3, -0.25) is 4.79 Å². The fraction of sp³-hybridized carbons (Fsp3) is 0.231. The van der Waals surface area contributed by atoms with Gasteiger partial charge in [0.05, 0.1) is 6.33 Å². The molecule has 1 aromatic heterocycles. The second-order valence-electron chi connectivity index (χ2n) is 4.11. The van der Waals surface area contributed by atoms with E-state index in [2.05, 4.69) is 4.98 Å². The lowest BCUT2D eigenvalue weighted by Crippen LogP contribution is -2.08. The van der Waals surface area contributed by atoms with Crippen molar-refractivity contribution in [3.63, 3.8) is 0 Å². The molecule has 0 aliphatic carbocycles. The van der Waals surface area contributed by atoms with Crippen LogP contribution in [0.1, 0.15) is 12.0 Å². The van der Waals surface area contributed by atoms with Crippen LogP contribution in [-0.2, 0) is 17.8 Å². The van der Waals surface area contributed by atoms with E-state index in [1.165, 1.54) is 0 Å². The Balaban J connectivity index is 1.99. The Hall–Kier alpha value is -1.03. The maximum atomic E-state index is 11.9. The number of ketones is 1. The summed E-state index contributed by atoms with van der Waals surface area (Å²) in [7, 11) is 0. The largest absolute Gasteiger partial charge is 0.337 e. The first-order valence-corrected chi connectivity index (χ1v) is 6.80. The highest BCUT2D eigenvalue weighted by Crippen LogP contribution is 2.29. The maximum Gasteiger partial charge on any atom is 0.139 e. The number of nitrogens with zero attached hydrogens (tertiary/aromatic N) is 2. The summed E-state index contributed by atoms with van der Waals surface area (Å²) in [5.41, 5.74) is 0.628. The molecule has 6 heteroatoms. The van der Waals surface area contributed by atoms with Crippen LogP contribution in [0.4, 0.5) is 0 Å². The summed E-state index contributed by atoms with van der Waals surface area (Å²) >= 11 is 17.9. The molecule has 0 unspecified atom stereocenters. The lowest BCUT2D eigenvalue weighted by atomic mass is 10.1. The van der Waals surface area contributed by atoms with Crippen molar-refractivity contribution in [3.05, 3.63) is 51.5 Å². The van der Waals surface area contributed by atoms with Crippen molar-refractivity contribution >= 4 is 40.6 Å². The number of benzene rings is 1. The number of carbonyl (C=O) groups excluding carboxylic acids is 1. The third-order valence-electron chi connectivity index (χ3n) is 2.69. The number of halogens is 3. The predicted molar refractivity (Wildman–Crippen MR) is 77.0 cm³/mol. The van der Waals surface area contributed by atoms with E-state index in [9.17, 15) is 4.79 Å². The number of aryl methyl sites for hydroxylation is 1. The summed E-state index contributed by atoms with van der Waals surface area (Å²) in [5.74, 6) is 0.0693. The molecule has 2 rings (SSSR count). The molecule has 1 aromatic carbocycles. The number of imidazole rings is 1. The van der Waals surface area contributed by atoms with E-state index >= 15 is 0 Å². The molecule has 2 aromatic rings. The molecule has 0 radical (unpaired) electrons. The average molecular weight is 318 g/mol. The maximum absolute atomic E-state index is 11.9. The number of aromatic nitrogens is 2. The molecule has 0 atom stereocenters. The fourth-order valence-corrected chi connectivity index (χ4v) is 2.65. The smallest absolute Gasteiger partial charge is 0.139 e. The number of Topliss-reactive ketones (excluding diaryl/α,β-unsaturated/α-hetero) is 1. The van der Waals surface area contributed by atoms with E-state index in [-0.39, 0.29) is 12.2 Å². The number of rotatable bonds is 5. The minimum absolute atomic E-state index is 0.0693. The molecule has 0 saturated carbocycles. The van der Waals surface area contributed by atoms with Gasteiger partial charge in [-0.2, -0.15) is 0 Å². The van der Waals surface area contributed by atoms with Gasteiger partial charge in [0.2, 0.25) is 0 Å². The molecule has 0 bridgehead atoms. The van der Waals surface area contributed by atoms with E-state index < -0.39 is 0 Å². The van der Waals surface area contributed by atoms with Gasteiger partial charge in [-0.1, -0.05) is 34.8 Å². The summed E-state index contributed by atoms with van der Waals surface area (Å²) < 4.78 is 1.85. The second-order valence-corrected chi connectivity index (χ2v) is 5.36. The minimum atomic E-state index is 0.0693. The highest BCUT2D eigenvalue weighted by atomic mass is 35.5. The molecular weight excluding hydrogens is 307 g/mol. The van der Waals surface area contributed by atoms with Crippen molar-refractivity contribution in [1.82, 2.24) is 9.55 Å². The quantitative estimate of drug-likeness (QED) is 0.834. The van der Waals surface area contributed by atoms with Crippen LogP contribution in [-0.4, -0.2) is 15.3 Å². The topological polar surface area (TPSA) is 34.9 Å². The monoisotopic (exact) mass is 316 g/mol. The van der Waals surface area contributed by atoms with E-state index in [4.69, 9.17) is 34.8 Å². The molecule has 3 nitrogen and oxygen atoms in total. The van der Waals surface area contributed by atoms with Crippen molar-refractivity contribution in [2.24, 2.45) is 0 Å². The third kappa shape index (κ3) is 3.96. The normalized spacial score (nSPS) is 10.7. The molecule has 1 heterocycles. The minimum Gasteiger partial charge on any atom is -0.337 e. The Morgan fingerprint density at radius 1 is 1.21 bits per heavy atom. The summed E-state index contributed by atoms with van der Waals surface area (Å²) in [6, 6.07) is 3.18. The molecule has 0 saturated heterocycles. The Morgan fingerprint density at radius 3 is 2.47 bits per heavy atom. The van der Waals surface area contributed by atoms with Crippen LogP contribution in [0.5, 0.6) is 0 Å². The molecule has 0 aliphatic heterocycles. The van der Waals surface area contributed by atoms with Gasteiger partial charge < -0.3 is 4.57 Å². The molecule has 19 heavy (non-hydrogen) atoms. The standard InChI is InChI=1S/C13H11Cl3N2O/c14-9-5-12(15)11(13(16)6-9)7-10(19)1-3-18-4-2-17-8-18/h2,4-6,8H,1,3,7H2. The van der Waals surface area contributed by atoms with Gasteiger partial charge in [-0.05, 0) is 17.7 Å². The predicted octanol–water partition coefficient (Wildman–Crippen LogP) is 4.05. The first kappa shape index (κ1) is 14.4. The van der Waals surface area contributed by atoms with Crippen molar-refractivity contribution < 1.29 is 4.79 Å². The SMILES string of the molecule is O=C(CCn1ccnc1)Cc1c(Cl)cc(Cl)cc1Cl. The highest BCUT2D eigenvalue weighted by Gasteiger charge is 2.12. The van der Waals surface area contributed by atoms with Crippen LogP contribution in [0.25, 0.3) is 0 Å². The van der Waals surface area contributed by atoms with Gasteiger partial charge in [-0.25, -0.2) is 4.98 Å². The van der Waals surface area contributed by atoms with Gasteiger partial charge in [0.1, 0.15) is 5.78 Å². The zero-order chi connectivity index (χ0) is 13.8. The number of carbonyl (C=O) groups is 1. The lowest BCUT2D eigenvalue weighted by molar-refractivity contribution is -0.118. The van der Waals surface area contributed by atoms with Crippen molar-refractivity contribution in [3.8, 4) is 0 Å². The lowest BCUT2D eigenvalue weighted by Gasteiger charge is -2.07. The highest BCUT2D eigenvalue weighted by molar-refractivity contribution is 6.39. The summed E-state index contributed by atoms with van der Waals surface area (Å²) in [6.07, 6.45) is 5.79. The second kappa shape index (κ2) is 6.42. The van der Waals surface area contributed by atoms with Crippen LogP contribution >= 0.6 is 34.8 Å². The van der Waals surface area contributed by atoms with E-state index in [1.807, 2.05) is 10.8 Å². The Labute approximate surface area is 126 Å². The van der Waals surface area contributed by atoms with Crippen LogP contribution in [0.3, 0.4) is 0 Å². The number of hydrogen-bond acceptors (Lipinski definition) is 2. The van der Waals surface area contributed by atoms with Crippen LogP contribution in [0.2, 0.25) is 15.1 Å². The molecule has 0 fully saturated rings. The van der Waals surface area contributed by atoms with E-state index in [1.54, 1.807) is 24.7 Å². The Bertz CT molecular complexity index is 559. The zero-order valence-corrected chi connectivity index (χ0v) is 12.2. The van der Waals surface area contributed by atoms with Gasteiger partial charge in [0.15, 0.2) is 0 Å². The summed E-state index contributed by atoms with van der Waals surface area (Å²) in [4.78, 5) is 15.8.